The molecule has 0 spiro atoms. The molecule has 5 nitrogen and oxygen atoms in total. The second kappa shape index (κ2) is 6.54. The highest BCUT2D eigenvalue weighted by Gasteiger charge is 2.22. The minimum Gasteiger partial charge on any atom is -0.481 e. The Morgan fingerprint density at radius 2 is 2.28 bits per heavy atom. The molecule has 1 aliphatic heterocycles. The molecule has 1 atom stereocenters. The number of piperidine rings is 1. The smallest absolute Gasteiger partial charge is 0.303 e. The Morgan fingerprint density at radius 3 is 3.00 bits per heavy atom. The molecule has 1 saturated heterocycles. The zero-order valence-electron chi connectivity index (χ0n) is 10.7. The van der Waals surface area contributed by atoms with E-state index >= 15 is 0 Å². The van der Waals surface area contributed by atoms with Crippen LogP contribution in [0.3, 0.4) is 0 Å². The van der Waals surface area contributed by atoms with Crippen molar-refractivity contribution in [2.24, 2.45) is 0 Å². The van der Waals surface area contributed by atoms with Crippen molar-refractivity contribution in [1.29, 1.82) is 0 Å². The van der Waals surface area contributed by atoms with Crippen molar-refractivity contribution in [3.63, 3.8) is 0 Å². The summed E-state index contributed by atoms with van der Waals surface area (Å²) in [5.74, 6) is -0.685. The van der Waals surface area contributed by atoms with Crippen molar-refractivity contribution in [1.82, 2.24) is 14.5 Å². The monoisotopic (exact) mass is 251 g/mol. The van der Waals surface area contributed by atoms with E-state index in [2.05, 4.69) is 14.5 Å². The van der Waals surface area contributed by atoms with Crippen molar-refractivity contribution in [2.75, 3.05) is 13.1 Å². The summed E-state index contributed by atoms with van der Waals surface area (Å²) in [4.78, 5) is 17.1. The molecule has 1 unspecified atom stereocenters. The first-order valence-electron chi connectivity index (χ1n) is 6.67. The van der Waals surface area contributed by atoms with Gasteiger partial charge in [0.2, 0.25) is 0 Å². The molecule has 1 aliphatic rings. The fourth-order valence-corrected chi connectivity index (χ4v) is 2.63. The van der Waals surface area contributed by atoms with Gasteiger partial charge < -0.3 is 9.67 Å². The van der Waals surface area contributed by atoms with Gasteiger partial charge in [-0.05, 0) is 25.8 Å². The van der Waals surface area contributed by atoms with Crippen LogP contribution >= 0.6 is 0 Å². The Kier molecular flexibility index (Phi) is 4.75. The van der Waals surface area contributed by atoms with Crippen molar-refractivity contribution >= 4 is 5.97 Å². The number of hydrogen-bond donors (Lipinski definition) is 1. The maximum atomic E-state index is 10.7. The van der Waals surface area contributed by atoms with Crippen LogP contribution in [0.2, 0.25) is 0 Å². The summed E-state index contributed by atoms with van der Waals surface area (Å²) in [6.45, 7) is 3.02. The molecule has 1 fully saturated rings. The second-order valence-electron chi connectivity index (χ2n) is 4.92. The summed E-state index contributed by atoms with van der Waals surface area (Å²) in [7, 11) is 0. The molecule has 0 aliphatic carbocycles. The second-order valence-corrected chi connectivity index (χ2v) is 4.92. The van der Waals surface area contributed by atoms with Gasteiger partial charge in [-0.1, -0.05) is 6.42 Å². The van der Waals surface area contributed by atoms with E-state index in [1.54, 1.807) is 6.20 Å². The van der Waals surface area contributed by atoms with Crippen molar-refractivity contribution in [3.8, 4) is 0 Å². The Balaban J connectivity index is 1.81. The molecule has 1 N–H and O–H groups in total. The van der Waals surface area contributed by atoms with E-state index in [4.69, 9.17) is 5.11 Å². The number of carbonyl (C=O) groups is 1. The number of aliphatic carboxylic acids is 1. The quantitative estimate of drug-likeness (QED) is 0.834. The van der Waals surface area contributed by atoms with Crippen LogP contribution in [0.15, 0.2) is 18.7 Å². The van der Waals surface area contributed by atoms with Crippen LogP contribution in [0, 0.1) is 0 Å². The lowest BCUT2D eigenvalue weighted by Gasteiger charge is -2.35. The maximum absolute atomic E-state index is 10.7. The summed E-state index contributed by atoms with van der Waals surface area (Å²) in [6.07, 6.45) is 10.2. The minimum absolute atomic E-state index is 0.284. The van der Waals surface area contributed by atoms with E-state index in [0.717, 1.165) is 32.5 Å². The van der Waals surface area contributed by atoms with Crippen LogP contribution in [-0.4, -0.2) is 44.7 Å². The Labute approximate surface area is 107 Å². The minimum atomic E-state index is -0.685. The third-order valence-electron chi connectivity index (χ3n) is 3.65. The van der Waals surface area contributed by atoms with Gasteiger partial charge >= 0.3 is 5.97 Å². The predicted molar refractivity (Wildman–Crippen MR) is 68.3 cm³/mol. The first-order chi connectivity index (χ1) is 8.75. The average Bonchev–Trinajstić information content (AvgIpc) is 2.88. The van der Waals surface area contributed by atoms with E-state index in [9.17, 15) is 4.79 Å². The van der Waals surface area contributed by atoms with Gasteiger partial charge in [0.1, 0.15) is 0 Å². The van der Waals surface area contributed by atoms with Crippen LogP contribution in [0.4, 0.5) is 0 Å². The number of rotatable bonds is 6. The van der Waals surface area contributed by atoms with Gasteiger partial charge in [0, 0.05) is 37.9 Å². The van der Waals surface area contributed by atoms with Gasteiger partial charge in [-0.15, -0.1) is 0 Å². The van der Waals surface area contributed by atoms with Gasteiger partial charge in [-0.2, -0.15) is 0 Å². The highest BCUT2D eigenvalue weighted by atomic mass is 16.4. The molecule has 0 aromatic carbocycles. The number of carboxylic acids is 1. The molecule has 0 radical (unpaired) electrons. The molecule has 1 aromatic heterocycles. The summed E-state index contributed by atoms with van der Waals surface area (Å²) in [6, 6.07) is 0.443. The van der Waals surface area contributed by atoms with Crippen LogP contribution in [0.1, 0.15) is 32.1 Å². The van der Waals surface area contributed by atoms with E-state index in [1.165, 1.54) is 12.8 Å². The molecule has 0 bridgehead atoms. The van der Waals surface area contributed by atoms with Gasteiger partial charge in [0.15, 0.2) is 0 Å². The number of aromatic nitrogens is 2. The van der Waals surface area contributed by atoms with Crippen LogP contribution < -0.4 is 0 Å². The molecule has 2 heterocycles. The highest BCUT2D eigenvalue weighted by molar-refractivity contribution is 5.66. The lowest BCUT2D eigenvalue weighted by atomic mass is 9.98. The molecule has 1 aromatic rings. The summed E-state index contributed by atoms with van der Waals surface area (Å²) >= 11 is 0. The number of imidazole rings is 1. The van der Waals surface area contributed by atoms with Crippen molar-refractivity contribution in [3.05, 3.63) is 18.7 Å². The largest absolute Gasteiger partial charge is 0.481 e. The van der Waals surface area contributed by atoms with Crippen LogP contribution in [0.25, 0.3) is 0 Å². The normalized spacial score (nSPS) is 21.0. The van der Waals surface area contributed by atoms with Gasteiger partial charge in [-0.25, -0.2) is 4.98 Å². The number of likely N-dealkylation sites (tertiary alicyclic amines) is 1. The SMILES string of the molecule is O=C(O)CCC1CCCCN1CCn1ccnc1. The summed E-state index contributed by atoms with van der Waals surface area (Å²) in [5.41, 5.74) is 0. The molecule has 2 rings (SSSR count). The fraction of sp³-hybridized carbons (Fsp3) is 0.692. The van der Waals surface area contributed by atoms with E-state index in [0.29, 0.717) is 6.04 Å². The number of hydrogen-bond acceptors (Lipinski definition) is 3. The lowest BCUT2D eigenvalue weighted by Crippen LogP contribution is -2.41. The topological polar surface area (TPSA) is 58.4 Å². The van der Waals surface area contributed by atoms with Crippen molar-refractivity contribution in [2.45, 2.75) is 44.7 Å². The number of carboxylic acid groups (broad SMARTS) is 1. The third-order valence-corrected chi connectivity index (χ3v) is 3.65. The molecule has 5 heteroatoms. The Bertz CT molecular complexity index is 364. The highest BCUT2D eigenvalue weighted by Crippen LogP contribution is 2.20. The third kappa shape index (κ3) is 3.84. The van der Waals surface area contributed by atoms with Crippen LogP contribution in [0.5, 0.6) is 0 Å². The van der Waals surface area contributed by atoms with Gasteiger partial charge in [0.25, 0.3) is 0 Å². The zero-order chi connectivity index (χ0) is 12.8. The molecule has 0 saturated carbocycles. The van der Waals surface area contributed by atoms with Gasteiger partial charge in [-0.3, -0.25) is 9.69 Å². The molecule has 0 amide bonds. The first kappa shape index (κ1) is 13.1. The van der Waals surface area contributed by atoms with E-state index in [-0.39, 0.29) is 6.42 Å². The lowest BCUT2D eigenvalue weighted by molar-refractivity contribution is -0.137. The number of nitrogens with zero attached hydrogens (tertiary/aromatic N) is 3. The summed E-state index contributed by atoms with van der Waals surface area (Å²) in [5, 5.41) is 8.78. The molecule has 18 heavy (non-hydrogen) atoms. The van der Waals surface area contributed by atoms with Crippen LogP contribution in [-0.2, 0) is 11.3 Å². The Morgan fingerprint density at radius 1 is 1.39 bits per heavy atom. The fourth-order valence-electron chi connectivity index (χ4n) is 2.63. The zero-order valence-corrected chi connectivity index (χ0v) is 10.7. The molecular weight excluding hydrogens is 230 g/mol. The van der Waals surface area contributed by atoms with Crippen molar-refractivity contribution < 1.29 is 9.90 Å². The molecular formula is C13H21N3O2. The molecule has 100 valence electrons. The van der Waals surface area contributed by atoms with E-state index in [1.807, 2.05) is 12.5 Å². The first-order valence-corrected chi connectivity index (χ1v) is 6.67. The average molecular weight is 251 g/mol. The summed E-state index contributed by atoms with van der Waals surface area (Å²) < 4.78 is 2.07. The Hall–Kier alpha value is -1.36. The predicted octanol–water partition coefficient (Wildman–Crippen LogP) is 1.60. The maximum Gasteiger partial charge on any atom is 0.303 e. The van der Waals surface area contributed by atoms with E-state index < -0.39 is 5.97 Å². The standard InChI is InChI=1S/C13H21N3O2/c17-13(18)5-4-12-3-1-2-7-16(12)10-9-15-8-6-14-11-15/h6,8,11-12H,1-5,7,9-10H2,(H,17,18). The van der Waals surface area contributed by atoms with Gasteiger partial charge in [0.05, 0.1) is 6.33 Å².